The van der Waals surface area contributed by atoms with Crippen LogP contribution in [0.2, 0.25) is 0 Å². The topological polar surface area (TPSA) is 94.6 Å². The van der Waals surface area contributed by atoms with Crippen molar-refractivity contribution in [1.82, 2.24) is 9.21 Å². The van der Waals surface area contributed by atoms with Crippen LogP contribution in [0, 0.1) is 11.3 Å². The van der Waals surface area contributed by atoms with Crippen molar-refractivity contribution in [3.63, 3.8) is 0 Å². The van der Waals surface area contributed by atoms with E-state index in [1.54, 1.807) is 17.0 Å². The zero-order valence-corrected chi connectivity index (χ0v) is 15.2. The molecule has 1 saturated heterocycles. The van der Waals surface area contributed by atoms with E-state index in [-0.39, 0.29) is 29.7 Å². The number of aryl methyl sites for hydroxylation is 1. The number of amides is 1. The summed E-state index contributed by atoms with van der Waals surface area (Å²) < 4.78 is 32.2. The average Bonchev–Trinajstić information content (AvgIpc) is 3.17. The number of carbonyl (C=O) groups is 1. The van der Waals surface area contributed by atoms with Crippen LogP contribution in [0.5, 0.6) is 0 Å². The smallest absolute Gasteiger partial charge is 0.289 e. The molecule has 1 aliphatic rings. The molecular weight excluding hydrogens is 354 g/mol. The summed E-state index contributed by atoms with van der Waals surface area (Å²) in [6.45, 7) is 2.98. The Labute approximate surface area is 152 Å². The molecule has 1 amide bonds. The first kappa shape index (κ1) is 18.2. The van der Waals surface area contributed by atoms with E-state index >= 15 is 0 Å². The largest absolute Gasteiger partial charge is 0.456 e. The monoisotopic (exact) mass is 373 g/mol. The molecule has 0 N–H and O–H groups in total. The number of carbonyl (C=O) groups excluding carboxylic acids is 1. The van der Waals surface area contributed by atoms with Gasteiger partial charge in [0.1, 0.15) is 5.76 Å². The standard InChI is InChI=1S/C18H19N3O4S/c1-2-15-5-8-17(25-15)18(22)20-9-11-21(12-10-20)26(23,24)16-6-3-14(13-19)4-7-16/h3-8H,2,9-12H2,1H3. The molecule has 26 heavy (non-hydrogen) atoms. The molecule has 1 fully saturated rings. The fourth-order valence-electron chi connectivity index (χ4n) is 2.82. The molecule has 2 aromatic rings. The second kappa shape index (κ2) is 7.32. The van der Waals surface area contributed by atoms with Gasteiger partial charge in [0.25, 0.3) is 5.91 Å². The molecule has 1 aliphatic heterocycles. The Morgan fingerprint density at radius 3 is 2.31 bits per heavy atom. The van der Waals surface area contributed by atoms with Crippen LogP contribution >= 0.6 is 0 Å². The van der Waals surface area contributed by atoms with E-state index in [0.29, 0.717) is 25.1 Å². The molecule has 0 unspecified atom stereocenters. The van der Waals surface area contributed by atoms with Gasteiger partial charge in [0, 0.05) is 32.6 Å². The molecule has 0 saturated carbocycles. The summed E-state index contributed by atoms with van der Waals surface area (Å²) in [5, 5.41) is 8.82. The van der Waals surface area contributed by atoms with Crippen LogP contribution in [-0.4, -0.2) is 49.7 Å². The Balaban J connectivity index is 1.67. The van der Waals surface area contributed by atoms with Crippen molar-refractivity contribution in [2.45, 2.75) is 18.2 Å². The number of hydrogen-bond acceptors (Lipinski definition) is 5. The molecule has 1 aromatic carbocycles. The zero-order valence-electron chi connectivity index (χ0n) is 14.4. The fourth-order valence-corrected chi connectivity index (χ4v) is 4.24. The number of nitriles is 1. The highest BCUT2D eigenvalue weighted by atomic mass is 32.2. The van der Waals surface area contributed by atoms with Gasteiger partial charge in [-0.1, -0.05) is 6.92 Å². The summed E-state index contributed by atoms with van der Waals surface area (Å²) in [7, 11) is -3.64. The minimum Gasteiger partial charge on any atom is -0.456 e. The number of benzene rings is 1. The summed E-state index contributed by atoms with van der Waals surface area (Å²) in [5.41, 5.74) is 0.407. The first-order chi connectivity index (χ1) is 12.5. The molecule has 0 atom stereocenters. The molecular formula is C18H19N3O4S. The van der Waals surface area contributed by atoms with E-state index in [9.17, 15) is 13.2 Å². The number of hydrogen-bond donors (Lipinski definition) is 0. The molecule has 2 heterocycles. The summed E-state index contributed by atoms with van der Waals surface area (Å²) >= 11 is 0. The number of furan rings is 1. The van der Waals surface area contributed by atoms with Crippen LogP contribution in [0.4, 0.5) is 0 Å². The van der Waals surface area contributed by atoms with Gasteiger partial charge in [-0.3, -0.25) is 4.79 Å². The lowest BCUT2D eigenvalue weighted by molar-refractivity contribution is 0.0664. The first-order valence-electron chi connectivity index (χ1n) is 8.34. The molecule has 136 valence electrons. The number of piperazine rings is 1. The van der Waals surface area contributed by atoms with E-state index in [0.717, 1.165) is 5.76 Å². The molecule has 0 radical (unpaired) electrons. The van der Waals surface area contributed by atoms with Crippen molar-refractivity contribution in [2.75, 3.05) is 26.2 Å². The van der Waals surface area contributed by atoms with E-state index in [4.69, 9.17) is 9.68 Å². The Bertz CT molecular complexity index is 934. The van der Waals surface area contributed by atoms with Gasteiger partial charge in [0.2, 0.25) is 10.0 Å². The van der Waals surface area contributed by atoms with Gasteiger partial charge >= 0.3 is 0 Å². The molecule has 7 nitrogen and oxygen atoms in total. The summed E-state index contributed by atoms with van der Waals surface area (Å²) in [6.07, 6.45) is 0.712. The summed E-state index contributed by atoms with van der Waals surface area (Å²) in [4.78, 5) is 14.2. The highest BCUT2D eigenvalue weighted by Gasteiger charge is 2.31. The third-order valence-corrected chi connectivity index (χ3v) is 6.28. The highest BCUT2D eigenvalue weighted by Crippen LogP contribution is 2.19. The lowest BCUT2D eigenvalue weighted by atomic mass is 10.2. The minimum atomic E-state index is -3.64. The van der Waals surface area contributed by atoms with Crippen LogP contribution in [0.3, 0.4) is 0 Å². The normalized spacial score (nSPS) is 15.6. The van der Waals surface area contributed by atoms with Gasteiger partial charge < -0.3 is 9.32 Å². The van der Waals surface area contributed by atoms with Crippen molar-refractivity contribution in [3.8, 4) is 6.07 Å². The Hall–Kier alpha value is -2.63. The lowest BCUT2D eigenvalue weighted by Gasteiger charge is -2.33. The maximum atomic E-state index is 12.7. The van der Waals surface area contributed by atoms with Crippen molar-refractivity contribution in [2.24, 2.45) is 0 Å². The minimum absolute atomic E-state index is 0.148. The van der Waals surface area contributed by atoms with Crippen LogP contribution in [0.15, 0.2) is 45.7 Å². The average molecular weight is 373 g/mol. The Kier molecular flexibility index (Phi) is 5.11. The van der Waals surface area contributed by atoms with E-state index in [1.165, 1.54) is 28.6 Å². The quantitative estimate of drug-likeness (QED) is 0.815. The third-order valence-electron chi connectivity index (χ3n) is 4.37. The maximum absolute atomic E-state index is 12.7. The maximum Gasteiger partial charge on any atom is 0.289 e. The van der Waals surface area contributed by atoms with E-state index < -0.39 is 10.0 Å². The first-order valence-corrected chi connectivity index (χ1v) is 9.78. The van der Waals surface area contributed by atoms with Gasteiger partial charge in [-0.25, -0.2) is 8.42 Å². The van der Waals surface area contributed by atoms with Crippen LogP contribution in [0.25, 0.3) is 0 Å². The van der Waals surface area contributed by atoms with Gasteiger partial charge in [0.15, 0.2) is 5.76 Å². The van der Waals surface area contributed by atoms with Crippen molar-refractivity contribution in [1.29, 1.82) is 5.26 Å². The van der Waals surface area contributed by atoms with Gasteiger partial charge in [-0.05, 0) is 36.4 Å². The molecule has 3 rings (SSSR count). The molecule has 0 aliphatic carbocycles. The SMILES string of the molecule is CCc1ccc(C(=O)N2CCN(S(=O)(=O)c3ccc(C#N)cc3)CC2)o1. The van der Waals surface area contributed by atoms with Crippen LogP contribution < -0.4 is 0 Å². The number of sulfonamides is 1. The molecule has 1 aromatic heterocycles. The van der Waals surface area contributed by atoms with Gasteiger partial charge in [-0.2, -0.15) is 9.57 Å². The molecule has 8 heteroatoms. The predicted octanol–water partition coefficient (Wildman–Crippen LogP) is 1.86. The van der Waals surface area contributed by atoms with Gasteiger partial charge in [0.05, 0.1) is 16.5 Å². The van der Waals surface area contributed by atoms with E-state index in [2.05, 4.69) is 0 Å². The van der Waals surface area contributed by atoms with Gasteiger partial charge in [-0.15, -0.1) is 0 Å². The van der Waals surface area contributed by atoms with Crippen LogP contribution in [0.1, 0.15) is 28.8 Å². The van der Waals surface area contributed by atoms with Crippen LogP contribution in [-0.2, 0) is 16.4 Å². The Morgan fingerprint density at radius 1 is 1.12 bits per heavy atom. The molecule has 0 spiro atoms. The lowest BCUT2D eigenvalue weighted by Crippen LogP contribution is -2.50. The Morgan fingerprint density at radius 2 is 1.77 bits per heavy atom. The van der Waals surface area contributed by atoms with Crippen molar-refractivity contribution >= 4 is 15.9 Å². The van der Waals surface area contributed by atoms with Crippen molar-refractivity contribution in [3.05, 3.63) is 53.5 Å². The summed E-state index contributed by atoms with van der Waals surface area (Å²) in [6, 6.07) is 11.2. The van der Waals surface area contributed by atoms with E-state index in [1.807, 2.05) is 13.0 Å². The second-order valence-electron chi connectivity index (χ2n) is 5.95. The highest BCUT2D eigenvalue weighted by molar-refractivity contribution is 7.89. The zero-order chi connectivity index (χ0) is 18.7. The predicted molar refractivity (Wildman–Crippen MR) is 93.9 cm³/mol. The van der Waals surface area contributed by atoms with Crippen molar-refractivity contribution < 1.29 is 17.6 Å². The summed E-state index contributed by atoms with van der Waals surface area (Å²) in [5.74, 6) is 0.806. The number of nitrogens with zero attached hydrogens (tertiary/aromatic N) is 3. The number of rotatable bonds is 4. The third kappa shape index (κ3) is 3.49. The second-order valence-corrected chi connectivity index (χ2v) is 7.89. The molecule has 0 bridgehead atoms. The fraction of sp³-hybridized carbons (Fsp3) is 0.333.